The van der Waals surface area contributed by atoms with E-state index >= 15 is 0 Å². The standard InChI is InChI=1S/C25H19N3O3/c29-23(27-19-5-1-3-14-4-2-12-26-22(14)19)15-8-10-18(11-9-15)28-24(30)20-16-6-7-17(13-16)21(20)25(28)31/h1-12,16-17,30-31H,13H2,(H,27,29)/t16-,17?/m0/s1. The van der Waals surface area contributed by atoms with Gasteiger partial charge in [0.25, 0.3) is 5.91 Å². The molecule has 2 bridgehead atoms. The van der Waals surface area contributed by atoms with Gasteiger partial charge >= 0.3 is 0 Å². The van der Waals surface area contributed by atoms with Gasteiger partial charge in [0.15, 0.2) is 0 Å². The molecule has 4 aromatic rings. The Morgan fingerprint density at radius 1 is 0.935 bits per heavy atom. The Kier molecular flexibility index (Phi) is 3.71. The molecule has 2 aliphatic rings. The molecule has 0 saturated carbocycles. The Balaban J connectivity index is 1.30. The van der Waals surface area contributed by atoms with Gasteiger partial charge in [-0.05, 0) is 42.8 Å². The van der Waals surface area contributed by atoms with Gasteiger partial charge in [0.2, 0.25) is 11.8 Å². The number of nitrogens with one attached hydrogen (secondary N) is 1. The van der Waals surface area contributed by atoms with Crippen LogP contribution in [0.25, 0.3) is 16.6 Å². The average Bonchev–Trinajstić information content (AvgIpc) is 3.48. The highest BCUT2D eigenvalue weighted by Gasteiger charge is 2.41. The summed E-state index contributed by atoms with van der Waals surface area (Å²) in [6.45, 7) is 0. The van der Waals surface area contributed by atoms with Crippen molar-refractivity contribution in [1.29, 1.82) is 0 Å². The molecule has 0 fully saturated rings. The molecule has 0 aliphatic heterocycles. The Morgan fingerprint density at radius 2 is 1.61 bits per heavy atom. The number of rotatable bonds is 3. The fraction of sp³-hybridized carbons (Fsp3) is 0.120. The number of hydrogen-bond donors (Lipinski definition) is 3. The van der Waals surface area contributed by atoms with Crippen molar-refractivity contribution in [2.45, 2.75) is 18.3 Å². The Morgan fingerprint density at radius 3 is 2.32 bits per heavy atom. The lowest BCUT2D eigenvalue weighted by Gasteiger charge is -2.11. The first kappa shape index (κ1) is 17.8. The zero-order chi connectivity index (χ0) is 21.1. The molecule has 152 valence electrons. The molecular formula is C25H19N3O3. The number of carbonyl (C=O) groups excluding carboxylic acids is 1. The van der Waals surface area contributed by atoms with Crippen LogP contribution in [-0.4, -0.2) is 25.7 Å². The smallest absolute Gasteiger partial charge is 0.255 e. The molecule has 1 amide bonds. The third kappa shape index (κ3) is 2.58. The highest BCUT2D eigenvalue weighted by atomic mass is 16.3. The lowest BCUT2D eigenvalue weighted by Crippen LogP contribution is -2.12. The Labute approximate surface area is 178 Å². The molecular weight excluding hydrogens is 390 g/mol. The van der Waals surface area contributed by atoms with Crippen LogP contribution in [0.1, 0.15) is 39.7 Å². The largest absolute Gasteiger partial charge is 0.494 e. The van der Waals surface area contributed by atoms with Gasteiger partial charge in [-0.2, -0.15) is 0 Å². The maximum atomic E-state index is 12.8. The normalized spacial score (nSPS) is 18.5. The van der Waals surface area contributed by atoms with Gasteiger partial charge in [0.05, 0.1) is 16.9 Å². The van der Waals surface area contributed by atoms with Crippen molar-refractivity contribution < 1.29 is 15.0 Å². The van der Waals surface area contributed by atoms with Crippen LogP contribution in [0, 0.1) is 0 Å². The number of allylic oxidation sites excluding steroid dienone is 2. The van der Waals surface area contributed by atoms with Crippen LogP contribution >= 0.6 is 0 Å². The number of fused-ring (bicyclic) bond motifs is 6. The minimum Gasteiger partial charge on any atom is -0.494 e. The van der Waals surface area contributed by atoms with Crippen molar-refractivity contribution in [1.82, 2.24) is 9.55 Å². The molecule has 1 unspecified atom stereocenters. The van der Waals surface area contributed by atoms with Crippen molar-refractivity contribution in [3.63, 3.8) is 0 Å². The van der Waals surface area contributed by atoms with Crippen molar-refractivity contribution in [2.75, 3.05) is 5.32 Å². The van der Waals surface area contributed by atoms with Gasteiger partial charge in [-0.1, -0.05) is 30.4 Å². The number of anilines is 1. The molecule has 6 heteroatoms. The maximum absolute atomic E-state index is 12.8. The Bertz CT molecular complexity index is 1340. The predicted octanol–water partition coefficient (Wildman–Crippen LogP) is 4.83. The molecule has 2 aromatic heterocycles. The minimum atomic E-state index is -0.254. The summed E-state index contributed by atoms with van der Waals surface area (Å²) in [4.78, 5) is 17.2. The van der Waals surface area contributed by atoms with E-state index in [4.69, 9.17) is 0 Å². The number of hydrogen-bond acceptors (Lipinski definition) is 4. The fourth-order valence-electron chi connectivity index (χ4n) is 4.85. The van der Waals surface area contributed by atoms with Crippen molar-refractivity contribution in [3.8, 4) is 17.4 Å². The first-order valence-electron chi connectivity index (χ1n) is 10.2. The molecule has 2 aliphatic carbocycles. The van der Waals surface area contributed by atoms with E-state index in [1.165, 1.54) is 4.57 Å². The summed E-state index contributed by atoms with van der Waals surface area (Å²) < 4.78 is 1.45. The van der Waals surface area contributed by atoms with Crippen LogP contribution in [0.4, 0.5) is 5.69 Å². The summed E-state index contributed by atoms with van der Waals surface area (Å²) in [6, 6.07) is 16.3. The fourth-order valence-corrected chi connectivity index (χ4v) is 4.85. The molecule has 2 heterocycles. The lowest BCUT2D eigenvalue weighted by atomic mass is 10.0. The summed E-state index contributed by atoms with van der Waals surface area (Å²) in [5.41, 5.74) is 4.08. The second-order valence-corrected chi connectivity index (χ2v) is 8.03. The first-order valence-corrected chi connectivity index (χ1v) is 10.2. The summed E-state index contributed by atoms with van der Waals surface area (Å²) in [5, 5.41) is 25.4. The second-order valence-electron chi connectivity index (χ2n) is 8.03. The number of carbonyl (C=O) groups is 1. The molecule has 2 aromatic carbocycles. The van der Waals surface area contributed by atoms with E-state index in [1.54, 1.807) is 30.5 Å². The quantitative estimate of drug-likeness (QED) is 0.423. The van der Waals surface area contributed by atoms with E-state index < -0.39 is 0 Å². The van der Waals surface area contributed by atoms with Crippen LogP contribution in [0.3, 0.4) is 0 Å². The highest BCUT2D eigenvalue weighted by molar-refractivity contribution is 6.08. The first-order chi connectivity index (χ1) is 15.1. The predicted molar refractivity (Wildman–Crippen MR) is 118 cm³/mol. The monoisotopic (exact) mass is 409 g/mol. The molecule has 31 heavy (non-hydrogen) atoms. The molecule has 6 rings (SSSR count). The van der Waals surface area contributed by atoms with E-state index in [-0.39, 0.29) is 29.5 Å². The number of pyridine rings is 1. The lowest BCUT2D eigenvalue weighted by molar-refractivity contribution is 0.102. The molecule has 2 atom stereocenters. The van der Waals surface area contributed by atoms with Gasteiger partial charge in [0, 0.05) is 40.1 Å². The molecule has 3 N–H and O–H groups in total. The molecule has 0 radical (unpaired) electrons. The van der Waals surface area contributed by atoms with Gasteiger partial charge < -0.3 is 15.5 Å². The third-order valence-corrected chi connectivity index (χ3v) is 6.29. The van der Waals surface area contributed by atoms with E-state index in [1.807, 2.05) is 30.3 Å². The summed E-state index contributed by atoms with van der Waals surface area (Å²) in [6.07, 6.45) is 6.79. The second kappa shape index (κ2) is 6.47. The molecule has 0 spiro atoms. The highest BCUT2D eigenvalue weighted by Crippen LogP contribution is 2.57. The maximum Gasteiger partial charge on any atom is 0.255 e. The number of aromatic hydroxyl groups is 2. The van der Waals surface area contributed by atoms with Gasteiger partial charge in [0.1, 0.15) is 0 Å². The summed E-state index contributed by atoms with van der Waals surface area (Å²) in [5.74, 6) is 0.208. The van der Waals surface area contributed by atoms with E-state index in [9.17, 15) is 15.0 Å². The third-order valence-electron chi connectivity index (χ3n) is 6.29. The SMILES string of the molecule is O=C(Nc1cccc2cccnc12)c1ccc(-n2c(O)c3c(c2O)[C@H]2C=CC3C2)cc1. The van der Waals surface area contributed by atoms with Crippen LogP contribution in [0.5, 0.6) is 11.8 Å². The van der Waals surface area contributed by atoms with Crippen LogP contribution in [0.2, 0.25) is 0 Å². The van der Waals surface area contributed by atoms with Gasteiger partial charge in [-0.25, -0.2) is 0 Å². The number of benzene rings is 2. The molecule has 0 saturated heterocycles. The van der Waals surface area contributed by atoms with Crippen LogP contribution in [-0.2, 0) is 0 Å². The topological polar surface area (TPSA) is 87.4 Å². The van der Waals surface area contributed by atoms with Crippen LogP contribution < -0.4 is 5.32 Å². The number of amides is 1. The van der Waals surface area contributed by atoms with E-state index in [0.29, 0.717) is 16.9 Å². The summed E-state index contributed by atoms with van der Waals surface area (Å²) >= 11 is 0. The van der Waals surface area contributed by atoms with Crippen molar-refractivity contribution >= 4 is 22.5 Å². The molecule has 6 nitrogen and oxygen atoms in total. The van der Waals surface area contributed by atoms with Crippen molar-refractivity contribution in [2.24, 2.45) is 0 Å². The number of aromatic nitrogens is 2. The Hall–Kier alpha value is -4.06. The van der Waals surface area contributed by atoms with E-state index in [2.05, 4.69) is 22.5 Å². The van der Waals surface area contributed by atoms with Gasteiger partial charge in [-0.3, -0.25) is 14.3 Å². The zero-order valence-corrected chi connectivity index (χ0v) is 16.5. The zero-order valence-electron chi connectivity index (χ0n) is 16.5. The summed E-state index contributed by atoms with van der Waals surface area (Å²) in [7, 11) is 0. The van der Waals surface area contributed by atoms with E-state index in [0.717, 1.165) is 28.5 Å². The van der Waals surface area contributed by atoms with Crippen molar-refractivity contribution in [3.05, 3.63) is 89.6 Å². The van der Waals surface area contributed by atoms with Crippen LogP contribution in [0.15, 0.2) is 72.9 Å². The van der Waals surface area contributed by atoms with Gasteiger partial charge in [-0.15, -0.1) is 0 Å². The average molecular weight is 409 g/mol. The number of nitrogens with zero attached hydrogens (tertiary/aromatic N) is 2. The number of para-hydroxylation sites is 1. The minimum absolute atomic E-state index is 0.0726.